The van der Waals surface area contributed by atoms with E-state index in [1.807, 2.05) is 48.8 Å². The van der Waals surface area contributed by atoms with Gasteiger partial charge in [0, 0.05) is 31.2 Å². The maximum absolute atomic E-state index is 12.1. The second-order valence-corrected chi connectivity index (χ2v) is 7.67. The number of nitrogens with one attached hydrogen (secondary N) is 2. The predicted molar refractivity (Wildman–Crippen MR) is 111 cm³/mol. The predicted octanol–water partition coefficient (Wildman–Crippen LogP) is 3.25. The third kappa shape index (κ3) is 5.63. The van der Waals surface area contributed by atoms with E-state index in [0.717, 1.165) is 12.2 Å². The third-order valence-electron chi connectivity index (χ3n) is 3.83. The van der Waals surface area contributed by atoms with Gasteiger partial charge >= 0.3 is 0 Å². The number of amides is 2. The van der Waals surface area contributed by atoms with Crippen molar-refractivity contribution in [3.8, 4) is 0 Å². The number of likely N-dealkylation sites (N-methyl/N-ethyl adjacent to an activating group) is 1. The summed E-state index contributed by atoms with van der Waals surface area (Å²) in [5.41, 5.74) is 1.76. The molecule has 3 rings (SSSR count). The molecular formula is C19H20N4O2S2. The zero-order chi connectivity index (χ0) is 19.1. The van der Waals surface area contributed by atoms with E-state index in [2.05, 4.69) is 20.5 Å². The zero-order valence-electron chi connectivity index (χ0n) is 14.8. The van der Waals surface area contributed by atoms with Gasteiger partial charge in [0.25, 0.3) is 5.91 Å². The first-order chi connectivity index (χ1) is 13.1. The zero-order valence-corrected chi connectivity index (χ0v) is 16.5. The summed E-state index contributed by atoms with van der Waals surface area (Å²) in [5, 5.41) is 9.80. The van der Waals surface area contributed by atoms with Crippen LogP contribution < -0.4 is 15.5 Å². The summed E-state index contributed by atoms with van der Waals surface area (Å²) >= 11 is 2.69. The number of para-hydroxylation sites is 1. The number of anilines is 2. The number of thiazole rings is 1. The van der Waals surface area contributed by atoms with Crippen LogP contribution in [-0.4, -0.2) is 36.9 Å². The Kier molecular flexibility index (Phi) is 6.56. The van der Waals surface area contributed by atoms with Gasteiger partial charge in [-0.1, -0.05) is 24.3 Å². The molecule has 2 amide bonds. The standard InChI is InChI=1S/C19H20N4O2S2/c1-23(15-6-3-2-4-7-15)10-9-20-17(24)12-14-13-27-19(21-14)22-18(25)16-8-5-11-26-16/h2-8,11,13H,9-10,12H2,1H3,(H,20,24)(H,21,22,25). The van der Waals surface area contributed by atoms with Gasteiger partial charge in [-0.2, -0.15) is 0 Å². The van der Waals surface area contributed by atoms with Gasteiger partial charge in [-0.05, 0) is 23.6 Å². The molecule has 3 aromatic rings. The molecule has 1 aromatic carbocycles. The lowest BCUT2D eigenvalue weighted by molar-refractivity contribution is -0.120. The van der Waals surface area contributed by atoms with E-state index in [-0.39, 0.29) is 18.2 Å². The van der Waals surface area contributed by atoms with Crippen LogP contribution >= 0.6 is 22.7 Å². The normalized spacial score (nSPS) is 10.4. The summed E-state index contributed by atoms with van der Waals surface area (Å²) in [7, 11) is 1.99. The summed E-state index contributed by atoms with van der Waals surface area (Å²) in [5.74, 6) is -0.266. The second kappa shape index (κ2) is 9.29. The summed E-state index contributed by atoms with van der Waals surface area (Å²) in [6, 6.07) is 13.6. The minimum absolute atomic E-state index is 0.0853. The topological polar surface area (TPSA) is 74.3 Å². The molecule has 0 bridgehead atoms. The van der Waals surface area contributed by atoms with Gasteiger partial charge in [0.15, 0.2) is 5.13 Å². The number of hydrogen-bond donors (Lipinski definition) is 2. The highest BCUT2D eigenvalue weighted by molar-refractivity contribution is 7.14. The van der Waals surface area contributed by atoms with Crippen molar-refractivity contribution in [3.63, 3.8) is 0 Å². The van der Waals surface area contributed by atoms with Crippen molar-refractivity contribution in [2.24, 2.45) is 0 Å². The minimum Gasteiger partial charge on any atom is -0.373 e. The van der Waals surface area contributed by atoms with Gasteiger partial charge in [-0.15, -0.1) is 22.7 Å². The average Bonchev–Trinajstić information content (AvgIpc) is 3.34. The minimum atomic E-state index is -0.181. The largest absolute Gasteiger partial charge is 0.373 e. The Morgan fingerprint density at radius 2 is 1.93 bits per heavy atom. The van der Waals surface area contributed by atoms with Crippen LogP contribution in [0.15, 0.2) is 53.2 Å². The second-order valence-electron chi connectivity index (χ2n) is 5.86. The Morgan fingerprint density at radius 1 is 1.11 bits per heavy atom. The molecule has 27 heavy (non-hydrogen) atoms. The number of thiophene rings is 1. The highest BCUT2D eigenvalue weighted by Gasteiger charge is 2.12. The molecule has 0 unspecified atom stereocenters. The van der Waals surface area contributed by atoms with Gasteiger partial charge < -0.3 is 10.2 Å². The molecule has 0 aliphatic rings. The van der Waals surface area contributed by atoms with Gasteiger partial charge in [0.05, 0.1) is 17.0 Å². The monoisotopic (exact) mass is 400 g/mol. The van der Waals surface area contributed by atoms with E-state index >= 15 is 0 Å². The van der Waals surface area contributed by atoms with Crippen LogP contribution in [0.4, 0.5) is 10.8 Å². The number of carbonyl (C=O) groups is 2. The first-order valence-corrected chi connectivity index (χ1v) is 10.2. The van der Waals surface area contributed by atoms with Crippen molar-refractivity contribution < 1.29 is 9.59 Å². The van der Waals surface area contributed by atoms with Crippen LogP contribution in [0, 0.1) is 0 Å². The Labute approximate surface area is 165 Å². The van der Waals surface area contributed by atoms with Crippen molar-refractivity contribution in [1.82, 2.24) is 10.3 Å². The molecule has 0 spiro atoms. The molecular weight excluding hydrogens is 380 g/mol. The molecule has 2 N–H and O–H groups in total. The number of hydrogen-bond acceptors (Lipinski definition) is 6. The third-order valence-corrected chi connectivity index (χ3v) is 5.50. The fraction of sp³-hybridized carbons (Fsp3) is 0.211. The van der Waals surface area contributed by atoms with Crippen LogP contribution in [0.5, 0.6) is 0 Å². The van der Waals surface area contributed by atoms with Crippen molar-refractivity contribution in [3.05, 3.63) is 63.8 Å². The Bertz CT molecular complexity index is 878. The first kappa shape index (κ1) is 19.1. The van der Waals surface area contributed by atoms with E-state index in [9.17, 15) is 9.59 Å². The smallest absolute Gasteiger partial charge is 0.267 e. The summed E-state index contributed by atoms with van der Waals surface area (Å²) in [6.45, 7) is 1.27. The molecule has 0 saturated heterocycles. The molecule has 0 radical (unpaired) electrons. The molecule has 8 heteroatoms. The Hall–Kier alpha value is -2.71. The van der Waals surface area contributed by atoms with Gasteiger partial charge in [0.2, 0.25) is 5.91 Å². The summed E-state index contributed by atoms with van der Waals surface area (Å²) in [6.07, 6.45) is 0.195. The van der Waals surface area contributed by atoms with Crippen LogP contribution in [-0.2, 0) is 11.2 Å². The Balaban J connectivity index is 1.42. The van der Waals surface area contributed by atoms with Crippen molar-refractivity contribution in [1.29, 1.82) is 0 Å². The fourth-order valence-corrected chi connectivity index (χ4v) is 3.74. The average molecular weight is 401 g/mol. The molecule has 0 saturated carbocycles. The number of aromatic nitrogens is 1. The molecule has 2 heterocycles. The van der Waals surface area contributed by atoms with Crippen molar-refractivity contribution in [2.45, 2.75) is 6.42 Å². The lowest BCUT2D eigenvalue weighted by Crippen LogP contribution is -2.33. The van der Waals surface area contributed by atoms with Crippen LogP contribution in [0.2, 0.25) is 0 Å². The maximum atomic E-state index is 12.1. The molecule has 6 nitrogen and oxygen atoms in total. The first-order valence-electron chi connectivity index (χ1n) is 8.44. The maximum Gasteiger partial charge on any atom is 0.267 e. The van der Waals surface area contributed by atoms with E-state index < -0.39 is 0 Å². The van der Waals surface area contributed by atoms with Crippen molar-refractivity contribution >= 4 is 45.3 Å². The molecule has 0 aliphatic heterocycles. The van der Waals surface area contributed by atoms with Gasteiger partial charge in [0.1, 0.15) is 0 Å². The molecule has 2 aromatic heterocycles. The van der Waals surface area contributed by atoms with E-state index in [4.69, 9.17) is 0 Å². The SMILES string of the molecule is CN(CCNC(=O)Cc1csc(NC(=O)c2cccs2)n1)c1ccccc1. The number of nitrogens with zero attached hydrogens (tertiary/aromatic N) is 2. The van der Waals surface area contributed by atoms with E-state index in [1.165, 1.54) is 22.7 Å². The summed E-state index contributed by atoms with van der Waals surface area (Å²) in [4.78, 5) is 31.1. The van der Waals surface area contributed by atoms with Gasteiger partial charge in [-0.3, -0.25) is 14.9 Å². The fourth-order valence-electron chi connectivity index (χ4n) is 2.41. The molecule has 0 aliphatic carbocycles. The highest BCUT2D eigenvalue weighted by atomic mass is 32.1. The van der Waals surface area contributed by atoms with Gasteiger partial charge in [-0.25, -0.2) is 4.98 Å². The molecule has 0 atom stereocenters. The lowest BCUT2D eigenvalue weighted by atomic mass is 10.3. The highest BCUT2D eigenvalue weighted by Crippen LogP contribution is 2.18. The lowest BCUT2D eigenvalue weighted by Gasteiger charge is -2.19. The number of benzene rings is 1. The van der Waals surface area contributed by atoms with Crippen LogP contribution in [0.1, 0.15) is 15.4 Å². The van der Waals surface area contributed by atoms with Crippen LogP contribution in [0.3, 0.4) is 0 Å². The van der Waals surface area contributed by atoms with Crippen LogP contribution in [0.25, 0.3) is 0 Å². The molecule has 0 fully saturated rings. The van der Waals surface area contributed by atoms with E-state index in [0.29, 0.717) is 22.2 Å². The summed E-state index contributed by atoms with van der Waals surface area (Å²) < 4.78 is 0. The number of carbonyl (C=O) groups excluding carboxylic acids is 2. The van der Waals surface area contributed by atoms with E-state index in [1.54, 1.807) is 11.4 Å². The van der Waals surface area contributed by atoms with Crippen molar-refractivity contribution in [2.75, 3.05) is 30.4 Å². The quantitative estimate of drug-likeness (QED) is 0.609. The Morgan fingerprint density at radius 3 is 2.67 bits per heavy atom. The number of rotatable bonds is 8. The molecule has 140 valence electrons.